The van der Waals surface area contributed by atoms with E-state index >= 15 is 0 Å². The Bertz CT molecular complexity index is 810. The van der Waals surface area contributed by atoms with Gasteiger partial charge in [-0.2, -0.15) is 4.31 Å². The second kappa shape index (κ2) is 8.13. The molecule has 1 aromatic rings. The van der Waals surface area contributed by atoms with Crippen LogP contribution in [0.1, 0.15) is 44.4 Å². The second-order valence-corrected chi connectivity index (χ2v) is 10.9. The standard InChI is InChI=1S/C21H35N3O3S/c1-15-13-18(21(4,5)6)14-16(2)19(15)28(26,27)24-11-9-23(10-12-24)17(3)20(25)22(7)8/h13-14,17H,9-12H2,1-8H3/t17-/m1/s1. The van der Waals surface area contributed by atoms with Crippen molar-refractivity contribution in [3.63, 3.8) is 0 Å². The number of sulfonamides is 1. The van der Waals surface area contributed by atoms with Crippen LogP contribution < -0.4 is 0 Å². The van der Waals surface area contributed by atoms with E-state index in [4.69, 9.17) is 0 Å². The zero-order valence-electron chi connectivity index (χ0n) is 18.5. The van der Waals surface area contributed by atoms with Crippen LogP contribution in [0, 0.1) is 13.8 Å². The lowest BCUT2D eigenvalue weighted by Crippen LogP contribution is -2.54. The summed E-state index contributed by atoms with van der Waals surface area (Å²) >= 11 is 0. The maximum atomic E-state index is 13.3. The topological polar surface area (TPSA) is 60.9 Å². The van der Waals surface area contributed by atoms with E-state index in [0.29, 0.717) is 31.1 Å². The van der Waals surface area contributed by atoms with Gasteiger partial charge in [0.1, 0.15) is 0 Å². The molecule has 1 aliphatic heterocycles. The largest absolute Gasteiger partial charge is 0.347 e. The van der Waals surface area contributed by atoms with Crippen LogP contribution in [-0.2, 0) is 20.2 Å². The Labute approximate surface area is 170 Å². The van der Waals surface area contributed by atoms with Crippen LogP contribution in [0.5, 0.6) is 0 Å². The molecule has 158 valence electrons. The maximum Gasteiger partial charge on any atom is 0.243 e. The van der Waals surface area contributed by atoms with E-state index in [0.717, 1.165) is 16.7 Å². The third kappa shape index (κ3) is 4.58. The average molecular weight is 410 g/mol. The highest BCUT2D eigenvalue weighted by Gasteiger charge is 2.34. The van der Waals surface area contributed by atoms with E-state index in [9.17, 15) is 13.2 Å². The van der Waals surface area contributed by atoms with Gasteiger partial charge in [0.15, 0.2) is 0 Å². The van der Waals surface area contributed by atoms with Gasteiger partial charge < -0.3 is 4.90 Å². The number of nitrogens with zero attached hydrogens (tertiary/aromatic N) is 3. The van der Waals surface area contributed by atoms with E-state index in [1.165, 1.54) is 0 Å². The smallest absolute Gasteiger partial charge is 0.243 e. The number of amides is 1. The molecule has 1 aromatic carbocycles. The first-order chi connectivity index (χ1) is 12.8. The molecule has 1 saturated heterocycles. The number of hydrogen-bond acceptors (Lipinski definition) is 4. The highest BCUT2D eigenvalue weighted by atomic mass is 32.2. The number of rotatable bonds is 4. The number of carbonyl (C=O) groups excluding carboxylic acids is 1. The van der Waals surface area contributed by atoms with E-state index in [1.54, 1.807) is 23.3 Å². The van der Waals surface area contributed by atoms with Crippen LogP contribution in [0.2, 0.25) is 0 Å². The Morgan fingerprint density at radius 2 is 1.50 bits per heavy atom. The summed E-state index contributed by atoms with van der Waals surface area (Å²) in [6.45, 7) is 13.9. The Morgan fingerprint density at radius 1 is 1.04 bits per heavy atom. The van der Waals surface area contributed by atoms with Crippen molar-refractivity contribution in [2.75, 3.05) is 40.3 Å². The molecule has 0 N–H and O–H groups in total. The first-order valence-corrected chi connectivity index (χ1v) is 11.3. The lowest BCUT2D eigenvalue weighted by atomic mass is 9.85. The van der Waals surface area contributed by atoms with Gasteiger partial charge >= 0.3 is 0 Å². The van der Waals surface area contributed by atoms with Gasteiger partial charge in [0.25, 0.3) is 0 Å². The van der Waals surface area contributed by atoms with Gasteiger partial charge in [0, 0.05) is 40.3 Å². The molecular formula is C21H35N3O3S. The summed E-state index contributed by atoms with van der Waals surface area (Å²) in [4.78, 5) is 16.3. The quantitative estimate of drug-likeness (QED) is 0.766. The van der Waals surface area contributed by atoms with Crippen molar-refractivity contribution in [3.8, 4) is 0 Å². The fraction of sp³-hybridized carbons (Fsp3) is 0.667. The molecule has 0 unspecified atom stereocenters. The number of carbonyl (C=O) groups is 1. The minimum Gasteiger partial charge on any atom is -0.347 e. The zero-order chi connectivity index (χ0) is 21.4. The minimum atomic E-state index is -3.56. The lowest BCUT2D eigenvalue weighted by molar-refractivity contribution is -0.134. The number of hydrogen-bond donors (Lipinski definition) is 0. The van der Waals surface area contributed by atoms with Crippen molar-refractivity contribution in [2.24, 2.45) is 0 Å². The van der Waals surface area contributed by atoms with Crippen LogP contribution in [-0.4, -0.2) is 74.7 Å². The van der Waals surface area contributed by atoms with Crippen molar-refractivity contribution in [3.05, 3.63) is 28.8 Å². The number of piperazine rings is 1. The van der Waals surface area contributed by atoms with E-state index in [2.05, 4.69) is 25.7 Å². The third-order valence-corrected chi connectivity index (χ3v) is 7.75. The van der Waals surface area contributed by atoms with E-state index in [-0.39, 0.29) is 17.4 Å². The van der Waals surface area contributed by atoms with Crippen LogP contribution in [0.25, 0.3) is 0 Å². The molecule has 1 atom stereocenters. The van der Waals surface area contributed by atoms with Gasteiger partial charge in [-0.3, -0.25) is 9.69 Å². The van der Waals surface area contributed by atoms with Gasteiger partial charge in [0.05, 0.1) is 10.9 Å². The SMILES string of the molecule is Cc1cc(C(C)(C)C)cc(C)c1S(=O)(=O)N1CCN([C@H](C)C(=O)N(C)C)CC1. The van der Waals surface area contributed by atoms with Crippen LogP contribution >= 0.6 is 0 Å². The summed E-state index contributed by atoms with van der Waals surface area (Å²) in [5.41, 5.74) is 2.70. The number of aryl methyl sites for hydroxylation is 2. The van der Waals surface area contributed by atoms with Crippen molar-refractivity contribution in [2.45, 2.75) is 57.9 Å². The monoisotopic (exact) mass is 409 g/mol. The van der Waals surface area contributed by atoms with Gasteiger partial charge in [-0.15, -0.1) is 0 Å². The van der Waals surface area contributed by atoms with Crippen molar-refractivity contribution >= 4 is 15.9 Å². The van der Waals surface area contributed by atoms with Crippen LogP contribution in [0.4, 0.5) is 0 Å². The first kappa shape index (κ1) is 22.8. The molecule has 2 rings (SSSR count). The molecule has 0 bridgehead atoms. The molecule has 6 nitrogen and oxygen atoms in total. The normalized spacial score (nSPS) is 18.1. The summed E-state index contributed by atoms with van der Waals surface area (Å²) in [5.74, 6) is 0.0424. The molecule has 0 aliphatic carbocycles. The highest BCUT2D eigenvalue weighted by Crippen LogP contribution is 2.31. The minimum absolute atomic E-state index is 0.0292. The van der Waals surface area contributed by atoms with Crippen LogP contribution in [0.15, 0.2) is 17.0 Å². The maximum absolute atomic E-state index is 13.3. The van der Waals surface area contributed by atoms with E-state index in [1.807, 2.05) is 32.9 Å². The molecule has 0 radical (unpaired) electrons. The molecule has 1 heterocycles. The molecule has 0 spiro atoms. The van der Waals surface area contributed by atoms with Crippen molar-refractivity contribution in [1.29, 1.82) is 0 Å². The molecular weight excluding hydrogens is 374 g/mol. The summed E-state index contributed by atoms with van der Waals surface area (Å²) in [5, 5.41) is 0. The highest BCUT2D eigenvalue weighted by molar-refractivity contribution is 7.89. The molecule has 28 heavy (non-hydrogen) atoms. The lowest BCUT2D eigenvalue weighted by Gasteiger charge is -2.37. The Balaban J connectivity index is 2.23. The van der Waals surface area contributed by atoms with Crippen molar-refractivity contribution in [1.82, 2.24) is 14.1 Å². The molecule has 1 aliphatic rings. The fourth-order valence-electron chi connectivity index (χ4n) is 3.78. The fourth-order valence-corrected chi connectivity index (χ4v) is 5.61. The third-order valence-electron chi connectivity index (χ3n) is 5.54. The van der Waals surface area contributed by atoms with Crippen LogP contribution in [0.3, 0.4) is 0 Å². The molecule has 1 amide bonds. The Kier molecular flexibility index (Phi) is 6.63. The van der Waals surface area contributed by atoms with Gasteiger partial charge in [0.2, 0.25) is 15.9 Å². The molecule has 7 heteroatoms. The Hall–Kier alpha value is -1.44. The second-order valence-electron chi connectivity index (χ2n) is 9.04. The predicted molar refractivity (Wildman–Crippen MR) is 113 cm³/mol. The predicted octanol–water partition coefficient (Wildman–Crippen LogP) is 2.38. The van der Waals surface area contributed by atoms with Gasteiger partial charge in [-0.1, -0.05) is 32.9 Å². The molecule has 0 saturated carbocycles. The summed E-state index contributed by atoms with van der Waals surface area (Å²) < 4.78 is 28.2. The molecule has 0 aromatic heterocycles. The summed E-state index contributed by atoms with van der Waals surface area (Å²) in [7, 11) is -0.0752. The van der Waals surface area contributed by atoms with Crippen molar-refractivity contribution < 1.29 is 13.2 Å². The number of likely N-dealkylation sites (N-methyl/N-ethyl adjacent to an activating group) is 1. The molecule has 1 fully saturated rings. The summed E-state index contributed by atoms with van der Waals surface area (Å²) in [6, 6.07) is 3.75. The average Bonchev–Trinajstić information content (AvgIpc) is 2.58. The zero-order valence-corrected chi connectivity index (χ0v) is 19.4. The number of benzene rings is 1. The summed E-state index contributed by atoms with van der Waals surface area (Å²) in [6.07, 6.45) is 0. The van der Waals surface area contributed by atoms with Gasteiger partial charge in [-0.05, 0) is 42.9 Å². The first-order valence-electron chi connectivity index (χ1n) is 9.84. The Morgan fingerprint density at radius 3 is 1.89 bits per heavy atom. The van der Waals surface area contributed by atoms with E-state index < -0.39 is 10.0 Å². The van der Waals surface area contributed by atoms with Gasteiger partial charge in [-0.25, -0.2) is 8.42 Å².